The molecule has 1 saturated carbocycles. The molecule has 6 heterocycles. The molecule has 0 saturated heterocycles. The minimum absolute atomic E-state index is 0.151. The highest BCUT2D eigenvalue weighted by atomic mass is 28.3. The topological polar surface area (TPSA) is 77.5 Å². The van der Waals surface area contributed by atoms with Crippen LogP contribution in [-0.2, 0) is 5.41 Å². The van der Waals surface area contributed by atoms with Crippen LogP contribution in [-0.4, -0.2) is 55.7 Å². The number of pyridine rings is 2. The van der Waals surface area contributed by atoms with E-state index in [4.69, 9.17) is 24.9 Å². The average molecular weight is 1210 g/mol. The average Bonchev–Trinajstić information content (AvgIpc) is 1.62. The number of fused-ring (bicyclic) bond motifs is 10. The molecule has 2 unspecified atom stereocenters. The van der Waals surface area contributed by atoms with Crippen molar-refractivity contribution >= 4 is 113 Å². The van der Waals surface area contributed by atoms with E-state index in [9.17, 15) is 0 Å². The van der Waals surface area contributed by atoms with Gasteiger partial charge in [-0.05, 0) is 105 Å². The molecular formula is C81H64N8Si2. The van der Waals surface area contributed by atoms with Crippen molar-refractivity contribution in [2.24, 2.45) is 0 Å². The molecule has 10 heteroatoms. The lowest BCUT2D eigenvalue weighted by Crippen LogP contribution is -2.75. The van der Waals surface area contributed by atoms with Crippen LogP contribution < -0.4 is 46.7 Å². The first-order chi connectivity index (χ1) is 44.9. The normalized spacial score (nSPS) is 16.6. The number of benzene rings is 10. The molecular weight excluding hydrogens is 1140 g/mol. The molecule has 91 heavy (non-hydrogen) atoms. The van der Waals surface area contributed by atoms with Crippen molar-refractivity contribution < 1.29 is 0 Å². The van der Waals surface area contributed by atoms with Crippen molar-refractivity contribution in [1.29, 1.82) is 0 Å². The summed E-state index contributed by atoms with van der Waals surface area (Å²) in [6.07, 6.45) is 4.33. The van der Waals surface area contributed by atoms with E-state index >= 15 is 0 Å². The molecule has 1 aliphatic carbocycles. The van der Waals surface area contributed by atoms with Crippen molar-refractivity contribution in [2.75, 3.05) is 4.90 Å². The first kappa shape index (κ1) is 54.5. The molecule has 436 valence electrons. The molecule has 0 radical (unpaired) electrons. The number of aromatic nitrogens is 7. The molecule has 0 amide bonds. The molecule has 0 spiro atoms. The maximum absolute atomic E-state index is 5.99. The Bertz CT molecular complexity index is 5040. The third-order valence-corrected chi connectivity index (χ3v) is 29.7. The van der Waals surface area contributed by atoms with E-state index in [1.807, 2.05) is 0 Å². The zero-order chi connectivity index (χ0) is 60.7. The Hall–Kier alpha value is -10.7. The highest BCUT2D eigenvalue weighted by Crippen LogP contribution is 2.60. The van der Waals surface area contributed by atoms with Crippen molar-refractivity contribution in [3.63, 3.8) is 0 Å². The predicted octanol–water partition coefficient (Wildman–Crippen LogP) is 13.0. The summed E-state index contributed by atoms with van der Waals surface area (Å²) in [7, 11) is -6.11. The van der Waals surface area contributed by atoms with Gasteiger partial charge in [0.1, 0.15) is 11.5 Å². The summed E-state index contributed by atoms with van der Waals surface area (Å²) in [5.74, 6) is 2.49. The largest absolute Gasteiger partial charge is 0.303 e. The van der Waals surface area contributed by atoms with Gasteiger partial charge in [0.05, 0.1) is 27.6 Å². The monoisotopic (exact) mass is 1200 g/mol. The lowest BCUT2D eigenvalue weighted by atomic mass is 9.61. The van der Waals surface area contributed by atoms with Crippen molar-refractivity contribution in [1.82, 2.24) is 34.1 Å². The number of hydrogen-bond acceptors (Lipinski definition) is 6. The van der Waals surface area contributed by atoms with Gasteiger partial charge in [-0.15, -0.1) is 0 Å². The van der Waals surface area contributed by atoms with Gasteiger partial charge in [0.15, 0.2) is 5.82 Å². The van der Waals surface area contributed by atoms with Gasteiger partial charge in [0, 0.05) is 43.3 Å². The Morgan fingerprint density at radius 3 is 1.37 bits per heavy atom. The molecule has 2 aliphatic rings. The quantitative estimate of drug-likeness (QED) is 0.0896. The number of anilines is 2. The van der Waals surface area contributed by atoms with Crippen LogP contribution in [0.3, 0.4) is 0 Å². The molecule has 1 fully saturated rings. The number of rotatable bonds is 12. The van der Waals surface area contributed by atoms with E-state index in [2.05, 4.69) is 331 Å². The van der Waals surface area contributed by atoms with Gasteiger partial charge in [-0.25, -0.2) is 4.98 Å². The van der Waals surface area contributed by atoms with E-state index < -0.39 is 16.1 Å². The van der Waals surface area contributed by atoms with E-state index in [0.29, 0.717) is 23.4 Å². The highest BCUT2D eigenvalue weighted by molar-refractivity contribution is 7.20. The van der Waals surface area contributed by atoms with Gasteiger partial charge in [0.25, 0.3) is 0 Å². The fourth-order valence-corrected chi connectivity index (χ4v) is 25.4. The molecule has 17 rings (SSSR count). The number of para-hydroxylation sites is 3. The molecule has 5 aromatic heterocycles. The first-order valence-electron chi connectivity index (χ1n) is 31.8. The first-order valence-corrected chi connectivity index (χ1v) is 35.8. The standard InChI is InChI=1S/C81H64N8Si2/c1-80-55-27-28-56-81(80,2)89(70-49-26-23-45-66(70)80)79-85-77(67-46-29-51-73(82-67)90(57-31-9-3-10-32-57,58-33-11-4-12-34-58)59-35-13-5-14-36-59)84-78(86-79)87-69-48-25-22-44-65(69)75-71(87)54-53-64-63-43-21-24-47-68(63)88(76(64)75)72-50-30-52-74(83-72)91(60-37-15-6-16-38-60,61-39-17-7-18-40-61)62-41-19-8-20-42-62/h3-26,29-54H,27-28,55-56H2,1-2H3. The molecule has 2 atom stereocenters. The molecule has 8 nitrogen and oxygen atoms in total. The van der Waals surface area contributed by atoms with Crippen LogP contribution in [0.1, 0.15) is 45.1 Å². The summed E-state index contributed by atoms with van der Waals surface area (Å²) in [5, 5.41) is 14.0. The van der Waals surface area contributed by atoms with Crippen molar-refractivity contribution in [3.05, 3.63) is 309 Å². The second-order valence-corrected chi connectivity index (χ2v) is 32.5. The van der Waals surface area contributed by atoms with Crippen LogP contribution in [0.25, 0.3) is 66.9 Å². The van der Waals surface area contributed by atoms with E-state index in [1.54, 1.807) is 0 Å². The SMILES string of the molecule is CC12CCCCC1(C)N(c1nc(-c3cccc([Si](c4ccccc4)(c4ccccc4)c4ccccc4)n3)nc(-n3c4ccccc4c4c3ccc3c5ccccc5n(-c5cccc([Si](c6ccccc6)(c6ccccc6)c6ccccc6)n5)c34)n1)c1ccccc12. The maximum Gasteiger partial charge on any atom is 0.240 e. The summed E-state index contributed by atoms with van der Waals surface area (Å²) >= 11 is 0. The minimum atomic E-state index is -3.08. The Kier molecular flexibility index (Phi) is 12.9. The van der Waals surface area contributed by atoms with Gasteiger partial charge < -0.3 is 4.90 Å². The highest BCUT2D eigenvalue weighted by Gasteiger charge is 2.58. The zero-order valence-electron chi connectivity index (χ0n) is 50.8. The predicted molar refractivity (Wildman–Crippen MR) is 380 cm³/mol. The summed E-state index contributed by atoms with van der Waals surface area (Å²) in [5.41, 5.74) is 6.77. The number of hydrogen-bond donors (Lipinski definition) is 0. The van der Waals surface area contributed by atoms with Gasteiger partial charge in [0.2, 0.25) is 28.0 Å². The maximum atomic E-state index is 5.99. The van der Waals surface area contributed by atoms with Crippen molar-refractivity contribution in [3.8, 4) is 23.3 Å². The fourth-order valence-electron chi connectivity index (χ4n) is 16.2. The summed E-state index contributed by atoms with van der Waals surface area (Å²) < 4.78 is 4.70. The van der Waals surface area contributed by atoms with E-state index in [0.717, 1.165) is 91.4 Å². The molecule has 0 bridgehead atoms. The Morgan fingerprint density at radius 2 is 0.802 bits per heavy atom. The third kappa shape index (κ3) is 8.15. The summed E-state index contributed by atoms with van der Waals surface area (Å²) in [4.78, 5) is 31.6. The van der Waals surface area contributed by atoms with Crippen LogP contribution in [0.15, 0.2) is 303 Å². The molecule has 0 N–H and O–H groups in total. The second kappa shape index (κ2) is 21.5. The van der Waals surface area contributed by atoms with Gasteiger partial charge in [-0.2, -0.15) is 15.0 Å². The zero-order valence-corrected chi connectivity index (χ0v) is 52.8. The van der Waals surface area contributed by atoms with Crippen LogP contribution in [0.5, 0.6) is 0 Å². The van der Waals surface area contributed by atoms with Gasteiger partial charge in [-0.1, -0.05) is 275 Å². The Morgan fingerprint density at radius 1 is 0.341 bits per heavy atom. The lowest BCUT2D eigenvalue weighted by Gasteiger charge is -2.49. The van der Waals surface area contributed by atoms with Crippen LogP contribution >= 0.6 is 0 Å². The second-order valence-electron chi connectivity index (χ2n) is 25.0. The molecule has 10 aromatic carbocycles. The van der Waals surface area contributed by atoms with Gasteiger partial charge in [-0.3, -0.25) is 14.1 Å². The summed E-state index contributed by atoms with van der Waals surface area (Å²) in [6.45, 7) is 4.91. The molecule has 15 aromatic rings. The summed E-state index contributed by atoms with van der Waals surface area (Å²) in [6, 6.07) is 110. The lowest BCUT2D eigenvalue weighted by molar-refractivity contribution is 0.193. The minimum Gasteiger partial charge on any atom is -0.303 e. The Labute approximate surface area is 531 Å². The van der Waals surface area contributed by atoms with Gasteiger partial charge >= 0.3 is 0 Å². The number of nitrogens with zero attached hydrogens (tertiary/aromatic N) is 8. The smallest absolute Gasteiger partial charge is 0.240 e. The fraction of sp³-hybridized carbons (Fsp3) is 0.0988. The molecule has 1 aliphatic heterocycles. The van der Waals surface area contributed by atoms with Crippen molar-refractivity contribution in [2.45, 2.75) is 50.5 Å². The van der Waals surface area contributed by atoms with Crippen LogP contribution in [0.4, 0.5) is 11.6 Å². The Balaban J connectivity index is 0.938. The van der Waals surface area contributed by atoms with Crippen LogP contribution in [0, 0.1) is 0 Å². The third-order valence-electron chi connectivity index (χ3n) is 20.4. The van der Waals surface area contributed by atoms with Crippen LogP contribution in [0.2, 0.25) is 0 Å². The van der Waals surface area contributed by atoms with E-state index in [1.165, 1.54) is 36.7 Å². The van der Waals surface area contributed by atoms with E-state index in [-0.39, 0.29) is 11.0 Å².